The number of nitrogens with zero attached hydrogens (tertiary/aromatic N) is 3. The molecule has 4 aromatic rings. The molecule has 0 amide bonds. The third-order valence-electron chi connectivity index (χ3n) is 11.8. The van der Waals surface area contributed by atoms with Gasteiger partial charge in [0.25, 0.3) is 0 Å². The van der Waals surface area contributed by atoms with Gasteiger partial charge in [0.1, 0.15) is 0 Å². The topological polar surface area (TPSA) is 9.72 Å². The Morgan fingerprint density at radius 2 is 1.26 bits per heavy atom. The second-order valence-corrected chi connectivity index (χ2v) is 16.6. The van der Waals surface area contributed by atoms with Gasteiger partial charge in [0.15, 0.2) is 0 Å². The molecule has 3 aliphatic rings. The normalized spacial score (nSPS) is 19.9. The summed E-state index contributed by atoms with van der Waals surface area (Å²) < 4.78 is 0. The predicted molar refractivity (Wildman–Crippen MR) is 234 cm³/mol. The molecule has 7 rings (SSSR count). The van der Waals surface area contributed by atoms with E-state index in [1.807, 2.05) is 6.08 Å². The van der Waals surface area contributed by atoms with E-state index in [0.717, 1.165) is 58.8 Å². The lowest BCUT2D eigenvalue weighted by Crippen LogP contribution is -2.39. The molecule has 4 atom stereocenters. The van der Waals surface area contributed by atoms with E-state index in [1.165, 1.54) is 71.3 Å². The molecule has 0 radical (unpaired) electrons. The maximum atomic E-state index is 4.78. The van der Waals surface area contributed by atoms with Crippen molar-refractivity contribution in [1.29, 1.82) is 0 Å². The van der Waals surface area contributed by atoms with Crippen LogP contribution in [0.5, 0.6) is 0 Å². The van der Waals surface area contributed by atoms with Gasteiger partial charge in [0.05, 0.1) is 5.69 Å². The lowest BCUT2D eigenvalue weighted by molar-refractivity contribution is 0.315. The molecule has 2 unspecified atom stereocenters. The summed E-state index contributed by atoms with van der Waals surface area (Å²) in [6.45, 7) is 22.3. The Labute approximate surface area is 325 Å². The van der Waals surface area contributed by atoms with Gasteiger partial charge in [-0.15, -0.1) is 6.58 Å². The molecule has 2 saturated carbocycles. The summed E-state index contributed by atoms with van der Waals surface area (Å²) in [7, 11) is 0. The Kier molecular flexibility index (Phi) is 11.2. The molecule has 0 aromatic heterocycles. The van der Waals surface area contributed by atoms with Crippen molar-refractivity contribution < 1.29 is 0 Å². The van der Waals surface area contributed by atoms with Crippen LogP contribution < -0.4 is 14.7 Å². The number of benzene rings is 4. The summed E-state index contributed by atoms with van der Waals surface area (Å²) in [6, 6.07) is 34.4. The van der Waals surface area contributed by atoms with Crippen molar-refractivity contribution in [2.24, 2.45) is 17.8 Å². The van der Waals surface area contributed by atoms with Gasteiger partial charge in [-0.25, -0.2) is 0 Å². The zero-order valence-electron chi connectivity index (χ0n) is 33.5. The van der Waals surface area contributed by atoms with Gasteiger partial charge >= 0.3 is 0 Å². The molecular weight excluding hydrogens is 655 g/mol. The first-order valence-electron chi connectivity index (χ1n) is 20.2. The molecule has 4 aromatic carbocycles. The highest BCUT2D eigenvalue weighted by atomic mass is 15.2. The molecule has 3 nitrogen and oxygen atoms in total. The maximum absolute atomic E-state index is 4.78. The fourth-order valence-corrected chi connectivity index (χ4v) is 9.19. The fourth-order valence-electron chi connectivity index (χ4n) is 9.19. The minimum Gasteiger partial charge on any atom is -0.338 e. The highest BCUT2D eigenvalue weighted by Gasteiger charge is 2.38. The van der Waals surface area contributed by atoms with Crippen LogP contribution in [0.3, 0.4) is 0 Å². The predicted octanol–water partition coefficient (Wildman–Crippen LogP) is 14.5. The molecule has 278 valence electrons. The maximum Gasteiger partial charge on any atom is 0.0503 e. The van der Waals surface area contributed by atoms with Gasteiger partial charge in [-0.2, -0.15) is 0 Å². The number of hydrogen-bond acceptors (Lipinski definition) is 3. The molecule has 0 spiro atoms. The molecule has 3 heteroatoms. The summed E-state index contributed by atoms with van der Waals surface area (Å²) in [5.74, 6) is 1.88. The molecule has 0 N–H and O–H groups in total. The summed E-state index contributed by atoms with van der Waals surface area (Å²) in [5, 5.41) is 0. The standard InChI is InChI=1S/C51H59N3/c1-9-35(2)24-41(8)52(44-19-11-15-36(3)25-44)48-32-49(53(45-20-12-16-37(4)26-45)46-21-13-17-38(5)27-46)34-50(33-48)54(47-30-42-22-23-43(29-42)31-47)51-28-39(6)14-10-18-40(51)7/h9-13,15-21,25-28,32-35,42-43,47H,1,8,14,22-24,29-31H2,2-7H3/t35-,42+,43?,47?/m1/s1. The van der Waals surface area contributed by atoms with Crippen molar-refractivity contribution >= 4 is 34.1 Å². The lowest BCUT2D eigenvalue weighted by atomic mass is 9.84. The average Bonchev–Trinajstić information content (AvgIpc) is 3.38. The molecular formula is C51H59N3. The van der Waals surface area contributed by atoms with Crippen molar-refractivity contribution in [3.05, 3.63) is 168 Å². The molecule has 0 saturated heterocycles. The van der Waals surface area contributed by atoms with Crippen molar-refractivity contribution in [1.82, 2.24) is 0 Å². The van der Waals surface area contributed by atoms with E-state index in [9.17, 15) is 0 Å². The molecule has 3 aliphatic carbocycles. The Bertz CT molecular complexity index is 2050. The second-order valence-electron chi connectivity index (χ2n) is 16.6. The number of hydrogen-bond donors (Lipinski definition) is 0. The smallest absolute Gasteiger partial charge is 0.0503 e. The van der Waals surface area contributed by atoms with E-state index in [-0.39, 0.29) is 5.92 Å². The first-order valence-corrected chi connectivity index (χ1v) is 20.2. The van der Waals surface area contributed by atoms with E-state index in [0.29, 0.717) is 6.04 Å². The summed E-state index contributed by atoms with van der Waals surface area (Å²) in [5.41, 5.74) is 15.7. The van der Waals surface area contributed by atoms with Crippen LogP contribution in [0.1, 0.15) is 82.4 Å². The van der Waals surface area contributed by atoms with Crippen LogP contribution >= 0.6 is 0 Å². The Balaban J connectivity index is 1.53. The molecule has 0 aliphatic heterocycles. The van der Waals surface area contributed by atoms with Crippen LogP contribution in [0.15, 0.2) is 151 Å². The summed E-state index contributed by atoms with van der Waals surface area (Å²) in [4.78, 5) is 7.61. The van der Waals surface area contributed by atoms with E-state index < -0.39 is 0 Å². The van der Waals surface area contributed by atoms with Crippen LogP contribution in [0.2, 0.25) is 0 Å². The van der Waals surface area contributed by atoms with Gasteiger partial charge in [0, 0.05) is 45.9 Å². The van der Waals surface area contributed by atoms with Gasteiger partial charge in [-0.05, 0) is 167 Å². The van der Waals surface area contributed by atoms with E-state index in [4.69, 9.17) is 6.58 Å². The van der Waals surface area contributed by atoms with E-state index >= 15 is 0 Å². The van der Waals surface area contributed by atoms with Crippen molar-refractivity contribution in [2.75, 3.05) is 14.7 Å². The number of aryl methyl sites for hydroxylation is 3. The minimum atomic E-state index is 0.288. The van der Waals surface area contributed by atoms with Crippen molar-refractivity contribution in [2.45, 2.75) is 92.5 Å². The molecule has 2 bridgehead atoms. The molecule has 54 heavy (non-hydrogen) atoms. The average molecular weight is 714 g/mol. The lowest BCUT2D eigenvalue weighted by Gasteiger charge is -2.41. The zero-order valence-corrected chi connectivity index (χ0v) is 33.5. The van der Waals surface area contributed by atoms with Crippen LogP contribution in [0, 0.1) is 38.5 Å². The van der Waals surface area contributed by atoms with Gasteiger partial charge in [-0.3, -0.25) is 0 Å². The van der Waals surface area contributed by atoms with Crippen molar-refractivity contribution in [3.8, 4) is 0 Å². The van der Waals surface area contributed by atoms with Crippen LogP contribution in [0.25, 0.3) is 0 Å². The van der Waals surface area contributed by atoms with Gasteiger partial charge in [0.2, 0.25) is 0 Å². The third kappa shape index (κ3) is 8.21. The first-order chi connectivity index (χ1) is 26.1. The minimum absolute atomic E-state index is 0.288. The Morgan fingerprint density at radius 1 is 0.704 bits per heavy atom. The molecule has 2 fully saturated rings. The quantitative estimate of drug-likeness (QED) is 0.135. The number of rotatable bonds is 12. The Morgan fingerprint density at radius 3 is 1.85 bits per heavy atom. The Hall–Kier alpha value is -5.02. The third-order valence-corrected chi connectivity index (χ3v) is 11.8. The van der Waals surface area contributed by atoms with E-state index in [1.54, 1.807) is 0 Å². The summed E-state index contributed by atoms with van der Waals surface area (Å²) in [6.07, 6.45) is 17.6. The molecule has 0 heterocycles. The van der Waals surface area contributed by atoms with E-state index in [2.05, 4.69) is 172 Å². The largest absolute Gasteiger partial charge is 0.338 e. The first kappa shape index (κ1) is 37.3. The van der Waals surface area contributed by atoms with Crippen LogP contribution in [0.4, 0.5) is 34.1 Å². The monoisotopic (exact) mass is 713 g/mol. The van der Waals surface area contributed by atoms with Crippen molar-refractivity contribution in [3.63, 3.8) is 0 Å². The fraction of sp³-hybridized carbons (Fsp3) is 0.333. The summed E-state index contributed by atoms with van der Waals surface area (Å²) >= 11 is 0. The second kappa shape index (κ2) is 16.1. The number of allylic oxidation sites excluding steroid dienone is 7. The highest BCUT2D eigenvalue weighted by molar-refractivity contribution is 5.85. The number of fused-ring (bicyclic) bond motifs is 2. The highest BCUT2D eigenvalue weighted by Crippen LogP contribution is 2.48. The van der Waals surface area contributed by atoms with Gasteiger partial charge < -0.3 is 14.7 Å². The van der Waals surface area contributed by atoms with Gasteiger partial charge in [-0.1, -0.05) is 86.5 Å². The number of anilines is 6. The van der Waals surface area contributed by atoms with Crippen LogP contribution in [-0.2, 0) is 0 Å². The zero-order chi connectivity index (χ0) is 37.9. The SMILES string of the molecule is C=C[C@@H](C)CC(=C)N(c1cccc(C)c1)c1cc(N(c2cccc(C)c2)c2cccc(C)c2)cc(N(C2=C(C)C=CCC(C)=C2)C2CC3CC[C@@H](C3)C2)c1. The van der Waals surface area contributed by atoms with Crippen LogP contribution in [-0.4, -0.2) is 6.04 Å².